The van der Waals surface area contributed by atoms with Gasteiger partial charge in [-0.05, 0) is 0 Å². The number of fused-ring (bicyclic) bond motifs is 4. The fourth-order valence-corrected chi connectivity index (χ4v) is 5.21. The van der Waals surface area contributed by atoms with Crippen molar-refractivity contribution in [2.75, 3.05) is 13.2 Å². The normalized spacial score (nSPS) is 39.7. The highest BCUT2D eigenvalue weighted by Crippen LogP contribution is 2.57. The molecule has 15 heteroatoms. The maximum absolute atomic E-state index is 16.7. The minimum absolute atomic E-state index is 0.00944. The van der Waals surface area contributed by atoms with E-state index in [1.807, 2.05) is 0 Å². The molecule has 4 saturated heterocycles. The van der Waals surface area contributed by atoms with Gasteiger partial charge < -0.3 is 42.6 Å². The molecule has 0 aromatic rings. The number of alkyl halides is 1. The van der Waals surface area contributed by atoms with E-state index in [4.69, 9.17) is 42.6 Å². The fourth-order valence-electron chi connectivity index (χ4n) is 5.21. The average molecular weight is 548 g/mol. The van der Waals surface area contributed by atoms with Crippen LogP contribution in [0.4, 0.5) is 4.39 Å². The van der Waals surface area contributed by atoms with Gasteiger partial charge in [-0.1, -0.05) is 0 Å². The molecule has 11 atom stereocenters. The number of esters is 5. The molecule has 4 rings (SSSR count). The molecule has 4 heterocycles. The van der Waals surface area contributed by atoms with Gasteiger partial charge in [-0.3, -0.25) is 24.0 Å². The molecule has 0 saturated carbocycles. The third kappa shape index (κ3) is 5.32. The van der Waals surface area contributed by atoms with Gasteiger partial charge in [-0.2, -0.15) is 0 Å². The average Bonchev–Trinajstić information content (AvgIpc) is 3.42. The Labute approximate surface area is 216 Å². The van der Waals surface area contributed by atoms with Crippen molar-refractivity contribution in [1.29, 1.82) is 0 Å². The molecule has 0 aliphatic carbocycles. The second kappa shape index (κ2) is 10.7. The number of hydrogen-bond acceptors (Lipinski definition) is 14. The first-order valence-electron chi connectivity index (χ1n) is 11.9. The molecular formula is C23H29FO14. The smallest absolute Gasteiger partial charge is 0.303 e. The molecule has 0 aromatic heterocycles. The maximum atomic E-state index is 16.7. The Hall–Kier alpha value is -2.88. The van der Waals surface area contributed by atoms with Crippen molar-refractivity contribution in [2.45, 2.75) is 102 Å². The predicted octanol–water partition coefficient (Wildman–Crippen LogP) is -0.725. The summed E-state index contributed by atoms with van der Waals surface area (Å²) in [5.41, 5.74) is -1.82. The lowest BCUT2D eigenvalue weighted by Crippen LogP contribution is -2.68. The lowest BCUT2D eigenvalue weighted by Gasteiger charge is -2.46. The van der Waals surface area contributed by atoms with Gasteiger partial charge in [-0.25, -0.2) is 4.39 Å². The minimum Gasteiger partial charge on any atom is -0.463 e. The highest BCUT2D eigenvalue weighted by molar-refractivity contribution is 5.69. The van der Waals surface area contributed by atoms with Crippen molar-refractivity contribution >= 4 is 29.8 Å². The Balaban J connectivity index is 1.74. The number of epoxide rings is 1. The lowest BCUT2D eigenvalue weighted by molar-refractivity contribution is -0.268. The number of carbonyl (C=O) groups is 5. The summed E-state index contributed by atoms with van der Waals surface area (Å²) in [6.07, 6.45) is -14.0. The van der Waals surface area contributed by atoms with Crippen LogP contribution in [0.5, 0.6) is 0 Å². The lowest BCUT2D eigenvalue weighted by atomic mass is 9.81. The highest BCUT2D eigenvalue weighted by Gasteiger charge is 2.80. The molecular weight excluding hydrogens is 519 g/mol. The Morgan fingerprint density at radius 2 is 1.39 bits per heavy atom. The van der Waals surface area contributed by atoms with Gasteiger partial charge in [0.25, 0.3) is 0 Å². The number of hydrogen-bond donors (Lipinski definition) is 0. The second-order valence-corrected chi connectivity index (χ2v) is 9.36. The van der Waals surface area contributed by atoms with Gasteiger partial charge in [0.2, 0.25) is 0 Å². The topological polar surface area (TPSA) is 172 Å². The molecule has 38 heavy (non-hydrogen) atoms. The van der Waals surface area contributed by atoms with Crippen molar-refractivity contribution in [2.24, 2.45) is 0 Å². The van der Waals surface area contributed by atoms with Gasteiger partial charge in [0, 0.05) is 34.6 Å². The zero-order valence-corrected chi connectivity index (χ0v) is 21.3. The van der Waals surface area contributed by atoms with E-state index in [1.165, 1.54) is 0 Å². The molecule has 212 valence electrons. The fraction of sp³-hybridized carbons (Fsp3) is 0.783. The first-order chi connectivity index (χ1) is 17.8. The Bertz CT molecular complexity index is 987. The van der Waals surface area contributed by atoms with Gasteiger partial charge in [0.15, 0.2) is 42.5 Å². The van der Waals surface area contributed by atoms with Gasteiger partial charge in [-0.15, -0.1) is 0 Å². The van der Waals surface area contributed by atoms with E-state index in [2.05, 4.69) is 0 Å². The molecule has 0 N–H and O–H groups in total. The summed E-state index contributed by atoms with van der Waals surface area (Å²) in [5, 5.41) is 0. The van der Waals surface area contributed by atoms with Crippen LogP contribution in [0.1, 0.15) is 34.6 Å². The quantitative estimate of drug-likeness (QED) is 0.211. The van der Waals surface area contributed by atoms with Crippen LogP contribution in [0.2, 0.25) is 0 Å². The van der Waals surface area contributed by atoms with E-state index in [9.17, 15) is 24.0 Å². The molecule has 4 fully saturated rings. The summed E-state index contributed by atoms with van der Waals surface area (Å²) < 4.78 is 66.0. The summed E-state index contributed by atoms with van der Waals surface area (Å²) in [5.74, 6) is -4.01. The van der Waals surface area contributed by atoms with Crippen LogP contribution >= 0.6 is 0 Å². The Kier molecular flexibility index (Phi) is 7.93. The predicted molar refractivity (Wildman–Crippen MR) is 115 cm³/mol. The minimum atomic E-state index is -2.19. The molecule has 2 bridgehead atoms. The van der Waals surface area contributed by atoms with Gasteiger partial charge in [0.1, 0.15) is 31.0 Å². The van der Waals surface area contributed by atoms with Crippen molar-refractivity contribution in [3.8, 4) is 0 Å². The maximum Gasteiger partial charge on any atom is 0.303 e. The van der Waals surface area contributed by atoms with E-state index in [1.54, 1.807) is 0 Å². The largest absolute Gasteiger partial charge is 0.463 e. The number of carbonyl (C=O) groups excluding carboxylic acids is 5. The molecule has 14 nitrogen and oxygen atoms in total. The molecule has 4 aliphatic heterocycles. The van der Waals surface area contributed by atoms with Crippen molar-refractivity contribution in [3.63, 3.8) is 0 Å². The van der Waals surface area contributed by atoms with E-state index in [0.717, 1.165) is 34.6 Å². The van der Waals surface area contributed by atoms with Crippen LogP contribution in [0, 0.1) is 0 Å². The number of ether oxygens (including phenoxy) is 9. The number of halogens is 1. The molecule has 0 unspecified atom stereocenters. The first kappa shape index (κ1) is 28.1. The van der Waals surface area contributed by atoms with E-state index < -0.39 is 103 Å². The molecule has 0 amide bonds. The third-order valence-corrected chi connectivity index (χ3v) is 6.52. The van der Waals surface area contributed by atoms with Crippen LogP contribution in [0.15, 0.2) is 0 Å². The highest BCUT2D eigenvalue weighted by atomic mass is 19.1. The second-order valence-electron chi connectivity index (χ2n) is 9.36. The molecule has 0 spiro atoms. The van der Waals surface area contributed by atoms with Crippen molar-refractivity contribution in [1.82, 2.24) is 0 Å². The summed E-state index contributed by atoms with van der Waals surface area (Å²) >= 11 is 0. The number of rotatable bonds is 8. The summed E-state index contributed by atoms with van der Waals surface area (Å²) in [6.45, 7) is 4.90. The molecule has 4 aliphatic rings. The summed E-state index contributed by atoms with van der Waals surface area (Å²) in [6, 6.07) is 0. The Morgan fingerprint density at radius 1 is 0.816 bits per heavy atom. The van der Waals surface area contributed by atoms with Gasteiger partial charge >= 0.3 is 29.8 Å². The van der Waals surface area contributed by atoms with Crippen LogP contribution in [0.25, 0.3) is 0 Å². The summed E-state index contributed by atoms with van der Waals surface area (Å²) in [7, 11) is 0. The SMILES string of the molecule is CC(=O)OC[C@H]1O[C@@H]([C@@H](F)[C@]23O[C@H]2[C@@H]2OC[C@H](O2)[C@@H]3OC(C)=O)[C@H](OC(C)=O)[C@@H](OC(C)=O)[C@@H]1OC(C)=O. The standard InChI is InChI=1S/C23H29FO14/c1-8(25)30-6-13-15(32-9(2)26)16(33-10(3)27)17(34-11(4)28)18(36-13)19(24)23-20(35-12(5)29)14-7-31-22(37-14)21(23)38-23/h13-22H,6-7H2,1-5H3/t13-,14+,15-,16+,17-,18-,19-,20+,21+,22-,23-/m1/s1. The van der Waals surface area contributed by atoms with Crippen molar-refractivity contribution in [3.05, 3.63) is 0 Å². The monoisotopic (exact) mass is 548 g/mol. The van der Waals surface area contributed by atoms with Crippen LogP contribution in [0.3, 0.4) is 0 Å². The van der Waals surface area contributed by atoms with Gasteiger partial charge in [0.05, 0.1) is 6.61 Å². The first-order valence-corrected chi connectivity index (χ1v) is 11.9. The third-order valence-electron chi connectivity index (χ3n) is 6.52. The summed E-state index contributed by atoms with van der Waals surface area (Å²) in [4.78, 5) is 59.4. The molecule has 0 aromatic carbocycles. The van der Waals surface area contributed by atoms with Crippen LogP contribution in [-0.2, 0) is 66.6 Å². The zero-order chi connectivity index (χ0) is 27.9. The Morgan fingerprint density at radius 3 is 1.97 bits per heavy atom. The zero-order valence-electron chi connectivity index (χ0n) is 21.3. The van der Waals surface area contributed by atoms with Crippen LogP contribution < -0.4 is 0 Å². The van der Waals surface area contributed by atoms with E-state index in [0.29, 0.717) is 0 Å². The van der Waals surface area contributed by atoms with E-state index >= 15 is 4.39 Å². The van der Waals surface area contributed by atoms with Crippen molar-refractivity contribution < 1.29 is 71.0 Å². The molecule has 0 radical (unpaired) electrons. The van der Waals surface area contributed by atoms with E-state index in [-0.39, 0.29) is 6.61 Å². The van der Waals surface area contributed by atoms with Crippen LogP contribution in [-0.4, -0.2) is 110 Å².